The summed E-state index contributed by atoms with van der Waals surface area (Å²) in [5.74, 6) is -1.39. The molecule has 1 heterocycles. The number of anilines is 1. The van der Waals surface area contributed by atoms with Crippen LogP contribution in [0.15, 0.2) is 60.7 Å². The fourth-order valence-electron chi connectivity index (χ4n) is 4.23. The number of carbonyl (C=O) groups is 1. The molecule has 0 amide bonds. The van der Waals surface area contributed by atoms with Gasteiger partial charge in [-0.1, -0.05) is 42.5 Å². The van der Waals surface area contributed by atoms with Crippen molar-refractivity contribution >= 4 is 22.4 Å². The second kappa shape index (κ2) is 11.0. The molecule has 6 nitrogen and oxygen atoms in total. The third-order valence-corrected chi connectivity index (χ3v) is 5.91. The lowest BCUT2D eigenvalue weighted by atomic mass is 10.0. The first kappa shape index (κ1) is 24.8. The van der Waals surface area contributed by atoms with Gasteiger partial charge in [0.15, 0.2) is 6.61 Å². The lowest BCUT2D eigenvalue weighted by Crippen LogP contribution is -2.47. The van der Waals surface area contributed by atoms with Crippen molar-refractivity contribution in [3.05, 3.63) is 71.8 Å². The van der Waals surface area contributed by atoms with Gasteiger partial charge in [-0.3, -0.25) is 0 Å². The van der Waals surface area contributed by atoms with Crippen molar-refractivity contribution in [1.29, 1.82) is 0 Å². The number of halogens is 3. The summed E-state index contributed by atoms with van der Waals surface area (Å²) < 4.78 is 51.1. The minimum Gasteiger partial charge on any atom is -0.482 e. The van der Waals surface area contributed by atoms with Gasteiger partial charge >= 0.3 is 12.1 Å². The molecule has 1 aliphatic heterocycles. The molecule has 0 bridgehead atoms. The summed E-state index contributed by atoms with van der Waals surface area (Å²) in [5, 5.41) is 14.6. The van der Waals surface area contributed by atoms with Crippen molar-refractivity contribution in [2.45, 2.75) is 18.7 Å². The number of alkyl halides is 3. The van der Waals surface area contributed by atoms with E-state index in [0.717, 1.165) is 25.1 Å². The molecule has 3 aromatic rings. The zero-order chi connectivity index (χ0) is 24.8. The number of hydrogen-bond acceptors (Lipinski definition) is 5. The van der Waals surface area contributed by atoms with Crippen LogP contribution in [-0.2, 0) is 22.1 Å². The maximum absolute atomic E-state index is 13.4. The second-order valence-electron chi connectivity index (χ2n) is 8.43. The number of nitrogens with zero attached hydrogens (tertiary/aromatic N) is 1. The Morgan fingerprint density at radius 2 is 1.94 bits per heavy atom. The molecule has 9 heteroatoms. The highest BCUT2D eigenvalue weighted by Gasteiger charge is 2.32. The lowest BCUT2D eigenvalue weighted by Gasteiger charge is -2.35. The normalized spacial score (nSPS) is 16.4. The summed E-state index contributed by atoms with van der Waals surface area (Å²) in [4.78, 5) is 12.6. The highest BCUT2D eigenvalue weighted by atomic mass is 19.4. The van der Waals surface area contributed by atoms with Crippen molar-refractivity contribution in [2.75, 3.05) is 44.3 Å². The first-order chi connectivity index (χ1) is 16.8. The molecule has 1 fully saturated rings. The quantitative estimate of drug-likeness (QED) is 0.436. The van der Waals surface area contributed by atoms with E-state index in [1.165, 1.54) is 22.4 Å². The maximum Gasteiger partial charge on any atom is 0.416 e. The minimum atomic E-state index is -4.58. The van der Waals surface area contributed by atoms with E-state index in [2.05, 4.69) is 29.6 Å². The molecule has 186 valence electrons. The van der Waals surface area contributed by atoms with E-state index in [-0.39, 0.29) is 11.9 Å². The van der Waals surface area contributed by atoms with E-state index in [4.69, 9.17) is 14.6 Å². The van der Waals surface area contributed by atoms with Gasteiger partial charge in [-0.2, -0.15) is 13.2 Å². The van der Waals surface area contributed by atoms with Gasteiger partial charge in [0, 0.05) is 31.4 Å². The number of aliphatic carboxylic acids is 1. The lowest BCUT2D eigenvalue weighted by molar-refractivity contribution is -0.139. The number of carboxylic acid groups (broad SMARTS) is 1. The first-order valence-corrected chi connectivity index (χ1v) is 11.4. The van der Waals surface area contributed by atoms with E-state index in [1.54, 1.807) is 0 Å². The Balaban J connectivity index is 1.36. The van der Waals surface area contributed by atoms with Gasteiger partial charge in [-0.15, -0.1) is 0 Å². The number of nitrogens with one attached hydrogen (secondary N) is 1. The van der Waals surface area contributed by atoms with Crippen LogP contribution < -0.4 is 15.0 Å². The van der Waals surface area contributed by atoms with Gasteiger partial charge in [0.25, 0.3) is 0 Å². The Kier molecular flexibility index (Phi) is 7.77. The number of fused-ring (bicyclic) bond motifs is 1. The van der Waals surface area contributed by atoms with Crippen molar-refractivity contribution in [3.63, 3.8) is 0 Å². The van der Waals surface area contributed by atoms with E-state index in [0.29, 0.717) is 31.9 Å². The molecule has 1 unspecified atom stereocenters. The standard InChI is InChI=1S/C26H27F3N2O4/c27-26(28,29)20-12-21(14-22(13-20)35-17-25(32)33)31-10-11-34-23(16-31)15-30-9-8-19-6-3-5-18-4-1-2-7-24(18)19/h1-7,12-14,23,30H,8-11,15-17H2,(H,32,33). The van der Waals surface area contributed by atoms with E-state index >= 15 is 0 Å². The number of carboxylic acids is 1. The average molecular weight is 489 g/mol. The van der Waals surface area contributed by atoms with Crippen LogP contribution in [0.5, 0.6) is 5.75 Å². The summed E-state index contributed by atoms with van der Waals surface area (Å²) in [6.45, 7) is 1.78. The summed E-state index contributed by atoms with van der Waals surface area (Å²) >= 11 is 0. The zero-order valence-corrected chi connectivity index (χ0v) is 19.1. The van der Waals surface area contributed by atoms with Gasteiger partial charge < -0.3 is 24.8 Å². The molecule has 35 heavy (non-hydrogen) atoms. The molecule has 0 aliphatic carbocycles. The predicted molar refractivity (Wildman–Crippen MR) is 127 cm³/mol. The molecule has 1 atom stereocenters. The molecule has 0 saturated carbocycles. The van der Waals surface area contributed by atoms with Crippen molar-refractivity contribution in [3.8, 4) is 5.75 Å². The molecule has 1 aliphatic rings. The van der Waals surface area contributed by atoms with Crippen LogP contribution >= 0.6 is 0 Å². The van der Waals surface area contributed by atoms with Gasteiger partial charge in [0.1, 0.15) is 5.75 Å². The van der Waals surface area contributed by atoms with Crippen LogP contribution in [0.2, 0.25) is 0 Å². The van der Waals surface area contributed by atoms with Crippen LogP contribution in [-0.4, -0.2) is 56.6 Å². The SMILES string of the molecule is O=C(O)COc1cc(N2CCOC(CNCCc3cccc4ccccc34)C2)cc(C(F)(F)F)c1. The van der Waals surface area contributed by atoms with Crippen LogP contribution in [0.3, 0.4) is 0 Å². The van der Waals surface area contributed by atoms with Crippen molar-refractivity contribution < 1.29 is 32.5 Å². The molecule has 0 spiro atoms. The van der Waals surface area contributed by atoms with Crippen LogP contribution in [0, 0.1) is 0 Å². The highest BCUT2D eigenvalue weighted by Crippen LogP contribution is 2.35. The topological polar surface area (TPSA) is 71.0 Å². The van der Waals surface area contributed by atoms with Crippen molar-refractivity contribution in [2.24, 2.45) is 0 Å². The number of rotatable bonds is 9. The Morgan fingerprint density at radius 1 is 1.14 bits per heavy atom. The van der Waals surface area contributed by atoms with Crippen molar-refractivity contribution in [1.82, 2.24) is 5.32 Å². The molecule has 0 radical (unpaired) electrons. The van der Waals surface area contributed by atoms with Crippen LogP contribution in [0.1, 0.15) is 11.1 Å². The van der Waals surface area contributed by atoms with Gasteiger partial charge in [0.05, 0.1) is 18.3 Å². The van der Waals surface area contributed by atoms with Crippen LogP contribution in [0.25, 0.3) is 10.8 Å². The molecule has 1 saturated heterocycles. The number of benzene rings is 3. The maximum atomic E-state index is 13.4. The number of hydrogen-bond donors (Lipinski definition) is 2. The molecule has 4 rings (SSSR count). The summed E-state index contributed by atoms with van der Waals surface area (Å²) in [6.07, 6.45) is -3.93. The second-order valence-corrected chi connectivity index (χ2v) is 8.43. The monoisotopic (exact) mass is 488 g/mol. The Morgan fingerprint density at radius 3 is 2.74 bits per heavy atom. The first-order valence-electron chi connectivity index (χ1n) is 11.4. The Labute approximate surface area is 201 Å². The zero-order valence-electron chi connectivity index (χ0n) is 19.1. The minimum absolute atomic E-state index is 0.131. The number of morpholine rings is 1. The van der Waals surface area contributed by atoms with Gasteiger partial charge in [-0.25, -0.2) is 4.79 Å². The molecular formula is C26H27F3N2O4. The molecule has 3 aromatic carbocycles. The Bertz CT molecular complexity index is 1160. The largest absolute Gasteiger partial charge is 0.482 e. The molecule has 2 N–H and O–H groups in total. The fourth-order valence-corrected chi connectivity index (χ4v) is 4.23. The number of ether oxygens (including phenoxy) is 2. The van der Waals surface area contributed by atoms with E-state index < -0.39 is 24.3 Å². The molecule has 0 aromatic heterocycles. The summed E-state index contributed by atoms with van der Waals surface area (Å²) in [6, 6.07) is 17.8. The predicted octanol–water partition coefficient (Wildman–Crippen LogP) is 4.36. The van der Waals surface area contributed by atoms with E-state index in [1.807, 2.05) is 23.1 Å². The fraction of sp³-hybridized carbons (Fsp3) is 0.346. The van der Waals surface area contributed by atoms with Gasteiger partial charge in [0.2, 0.25) is 0 Å². The van der Waals surface area contributed by atoms with Crippen LogP contribution in [0.4, 0.5) is 18.9 Å². The molecular weight excluding hydrogens is 461 g/mol. The highest BCUT2D eigenvalue weighted by molar-refractivity contribution is 5.85. The third-order valence-electron chi connectivity index (χ3n) is 5.91. The third kappa shape index (κ3) is 6.64. The summed E-state index contributed by atoms with van der Waals surface area (Å²) in [7, 11) is 0. The summed E-state index contributed by atoms with van der Waals surface area (Å²) in [5.41, 5.74) is 0.690. The van der Waals surface area contributed by atoms with E-state index in [9.17, 15) is 18.0 Å². The smallest absolute Gasteiger partial charge is 0.416 e. The Hall–Kier alpha value is -3.30. The average Bonchev–Trinajstić information content (AvgIpc) is 2.85. The van der Waals surface area contributed by atoms with Gasteiger partial charge in [-0.05, 0) is 41.4 Å².